The van der Waals surface area contributed by atoms with Crippen molar-refractivity contribution >= 4 is 43.8 Å². The summed E-state index contributed by atoms with van der Waals surface area (Å²) in [6, 6.07) is 5.48. The highest BCUT2D eigenvalue weighted by Gasteiger charge is 2.12. The molecule has 21 heavy (non-hydrogen) atoms. The second-order valence-electron chi connectivity index (χ2n) is 4.88. The van der Waals surface area contributed by atoms with Gasteiger partial charge >= 0.3 is 0 Å². The maximum atomic E-state index is 7.63. The third kappa shape index (κ3) is 4.28. The lowest BCUT2D eigenvalue weighted by Crippen LogP contribution is -2.31. The molecule has 0 saturated carbocycles. The van der Waals surface area contributed by atoms with E-state index in [1.54, 1.807) is 12.3 Å². The van der Waals surface area contributed by atoms with Gasteiger partial charge in [-0.05, 0) is 59.5 Å². The molecular weight excluding hydrogens is 379 g/mol. The molecule has 6 heteroatoms. The van der Waals surface area contributed by atoms with E-state index in [-0.39, 0.29) is 6.23 Å². The van der Waals surface area contributed by atoms with Crippen molar-refractivity contribution < 1.29 is 4.74 Å². The maximum Gasteiger partial charge on any atom is 0.127 e. The number of hydrogen-bond donors (Lipinski definition) is 4. The van der Waals surface area contributed by atoms with Crippen LogP contribution in [0.3, 0.4) is 0 Å². The van der Waals surface area contributed by atoms with Gasteiger partial charge in [0.2, 0.25) is 0 Å². The molecule has 1 unspecified atom stereocenters. The van der Waals surface area contributed by atoms with E-state index in [9.17, 15) is 0 Å². The van der Waals surface area contributed by atoms with Crippen molar-refractivity contribution in [1.82, 2.24) is 5.32 Å². The van der Waals surface area contributed by atoms with E-state index >= 15 is 0 Å². The number of hydrogen-bond acceptors (Lipinski definition) is 5. The zero-order valence-corrected chi connectivity index (χ0v) is 13.8. The molecule has 1 aliphatic rings. The van der Waals surface area contributed by atoms with Crippen molar-refractivity contribution in [2.24, 2.45) is 0 Å². The second-order valence-corrected chi connectivity index (χ2v) is 5.96. The molecule has 1 saturated heterocycles. The Kier molecular flexibility index (Phi) is 5.75. The van der Waals surface area contributed by atoms with Crippen molar-refractivity contribution in [3.63, 3.8) is 0 Å². The second kappa shape index (κ2) is 7.56. The van der Waals surface area contributed by atoms with Gasteiger partial charge in [0.25, 0.3) is 0 Å². The molecular formula is C15H19IN4O. The summed E-state index contributed by atoms with van der Waals surface area (Å²) < 4.78 is 6.01. The molecule has 0 spiro atoms. The van der Waals surface area contributed by atoms with E-state index in [0.29, 0.717) is 15.0 Å². The summed E-state index contributed by atoms with van der Waals surface area (Å²) in [5.74, 6) is 0. The fourth-order valence-corrected chi connectivity index (χ4v) is 2.70. The monoisotopic (exact) mass is 398 g/mol. The standard InChI is InChI=1S/C15H19IN4O/c16-15(19)12-5-4-10(7-13(12)18)11(8-17)9-20-14-3-1-2-6-21-14/h4-5,7-9,14,17,19-20H,1-3,6,18H2/b11-9+,17-8?,19-15?. The van der Waals surface area contributed by atoms with Crippen molar-refractivity contribution in [2.75, 3.05) is 12.3 Å². The third-order valence-electron chi connectivity index (χ3n) is 3.38. The summed E-state index contributed by atoms with van der Waals surface area (Å²) in [6.07, 6.45) is 6.36. The van der Waals surface area contributed by atoms with Gasteiger partial charge in [0, 0.05) is 35.8 Å². The van der Waals surface area contributed by atoms with Gasteiger partial charge in [-0.25, -0.2) is 0 Å². The van der Waals surface area contributed by atoms with Gasteiger partial charge in [-0.3, -0.25) is 5.41 Å². The molecule has 0 aliphatic carbocycles. The van der Waals surface area contributed by atoms with Crippen LogP contribution in [0.25, 0.3) is 5.57 Å². The molecule has 112 valence electrons. The smallest absolute Gasteiger partial charge is 0.127 e. The molecule has 0 bridgehead atoms. The fraction of sp³-hybridized carbons (Fsp3) is 0.333. The first kappa shape index (κ1) is 16.0. The Labute approximate surface area is 138 Å². The minimum atomic E-state index is 0.0212. The van der Waals surface area contributed by atoms with Crippen LogP contribution in [0, 0.1) is 10.8 Å². The highest BCUT2D eigenvalue weighted by Crippen LogP contribution is 2.21. The Morgan fingerprint density at radius 3 is 2.81 bits per heavy atom. The number of ether oxygens (including phenoxy) is 1. The minimum absolute atomic E-state index is 0.0212. The Hall–Kier alpha value is -1.41. The zero-order chi connectivity index (χ0) is 15.2. The fourth-order valence-electron chi connectivity index (χ4n) is 2.21. The number of benzene rings is 1. The van der Waals surface area contributed by atoms with E-state index in [0.717, 1.165) is 37.0 Å². The molecule has 0 radical (unpaired) electrons. The largest absolute Gasteiger partial charge is 0.398 e. The first-order valence-electron chi connectivity index (χ1n) is 6.84. The van der Waals surface area contributed by atoms with Crippen LogP contribution >= 0.6 is 22.6 Å². The van der Waals surface area contributed by atoms with Crippen LogP contribution in [0.1, 0.15) is 30.4 Å². The molecule has 1 aliphatic heterocycles. The Morgan fingerprint density at radius 2 is 2.24 bits per heavy atom. The Morgan fingerprint density at radius 1 is 1.43 bits per heavy atom. The van der Waals surface area contributed by atoms with E-state index in [4.69, 9.17) is 21.3 Å². The molecule has 0 amide bonds. The van der Waals surface area contributed by atoms with Gasteiger partial charge in [0.1, 0.15) is 9.95 Å². The summed E-state index contributed by atoms with van der Waals surface area (Å²) in [5.41, 5.74) is 8.82. The van der Waals surface area contributed by atoms with E-state index in [2.05, 4.69) is 5.32 Å². The molecule has 5 nitrogen and oxygen atoms in total. The highest BCUT2D eigenvalue weighted by molar-refractivity contribution is 14.1. The van der Waals surface area contributed by atoms with Crippen LogP contribution in [-0.2, 0) is 4.74 Å². The topological polar surface area (TPSA) is 95.0 Å². The number of nitrogens with two attached hydrogens (primary N) is 1. The van der Waals surface area contributed by atoms with Crippen LogP contribution in [0.4, 0.5) is 5.69 Å². The predicted octanol–water partition coefficient (Wildman–Crippen LogP) is 3.14. The Balaban J connectivity index is 2.14. The lowest BCUT2D eigenvalue weighted by atomic mass is 10.0. The van der Waals surface area contributed by atoms with Crippen LogP contribution < -0.4 is 11.1 Å². The van der Waals surface area contributed by atoms with Gasteiger partial charge < -0.3 is 21.2 Å². The van der Waals surface area contributed by atoms with Gasteiger partial charge in [-0.1, -0.05) is 6.07 Å². The number of anilines is 1. The van der Waals surface area contributed by atoms with Crippen molar-refractivity contribution in [2.45, 2.75) is 25.5 Å². The lowest BCUT2D eigenvalue weighted by molar-refractivity contribution is 0.00348. The quantitative estimate of drug-likeness (QED) is 0.349. The van der Waals surface area contributed by atoms with E-state index in [1.807, 2.05) is 34.7 Å². The average molecular weight is 398 g/mol. The number of allylic oxidation sites excluding steroid dienone is 1. The lowest BCUT2D eigenvalue weighted by Gasteiger charge is -2.23. The van der Waals surface area contributed by atoms with Crippen LogP contribution in [0.15, 0.2) is 24.4 Å². The summed E-state index contributed by atoms with van der Waals surface area (Å²) in [5, 5.41) is 18.4. The summed E-state index contributed by atoms with van der Waals surface area (Å²) >= 11 is 1.93. The third-order valence-corrected chi connectivity index (χ3v) is 3.96. The van der Waals surface area contributed by atoms with Gasteiger partial charge in [-0.15, -0.1) is 0 Å². The summed E-state index contributed by atoms with van der Waals surface area (Å²) in [4.78, 5) is 0. The molecule has 0 aromatic heterocycles. The number of rotatable bonds is 5. The maximum absolute atomic E-state index is 7.63. The molecule has 1 heterocycles. The SMILES string of the molecule is N=C/C(=C\NC1CCCCO1)c1ccc(C(=N)I)c(N)c1. The normalized spacial score (nSPS) is 19.1. The van der Waals surface area contributed by atoms with Crippen molar-refractivity contribution in [3.8, 4) is 0 Å². The first-order chi connectivity index (χ1) is 10.1. The highest BCUT2D eigenvalue weighted by atomic mass is 127. The van der Waals surface area contributed by atoms with Gasteiger partial charge in [0.05, 0.1) is 0 Å². The van der Waals surface area contributed by atoms with Gasteiger partial charge in [-0.2, -0.15) is 0 Å². The van der Waals surface area contributed by atoms with Crippen molar-refractivity contribution in [3.05, 3.63) is 35.5 Å². The average Bonchev–Trinajstić information content (AvgIpc) is 2.48. The molecule has 2 rings (SSSR count). The molecule has 1 atom stereocenters. The molecule has 1 fully saturated rings. The molecule has 1 aromatic rings. The van der Waals surface area contributed by atoms with Crippen molar-refractivity contribution in [1.29, 1.82) is 10.8 Å². The number of nitrogen functional groups attached to an aromatic ring is 1. The minimum Gasteiger partial charge on any atom is -0.398 e. The molecule has 5 N–H and O–H groups in total. The number of nitrogens with one attached hydrogen (secondary N) is 3. The van der Waals surface area contributed by atoms with E-state index in [1.165, 1.54) is 6.21 Å². The summed E-state index contributed by atoms with van der Waals surface area (Å²) in [7, 11) is 0. The van der Waals surface area contributed by atoms with Crippen LogP contribution in [-0.4, -0.2) is 22.8 Å². The molecule has 1 aromatic carbocycles. The summed E-state index contributed by atoms with van der Waals surface area (Å²) in [6.45, 7) is 0.783. The van der Waals surface area contributed by atoms with Gasteiger partial charge in [0.15, 0.2) is 0 Å². The zero-order valence-electron chi connectivity index (χ0n) is 11.7. The Bertz CT molecular complexity index is 565. The van der Waals surface area contributed by atoms with Crippen LogP contribution in [0.5, 0.6) is 0 Å². The predicted molar refractivity (Wildman–Crippen MR) is 95.2 cm³/mol. The first-order valence-corrected chi connectivity index (χ1v) is 7.92. The number of halogens is 1. The van der Waals surface area contributed by atoms with Crippen LogP contribution in [0.2, 0.25) is 0 Å². The van der Waals surface area contributed by atoms with E-state index < -0.39 is 0 Å².